The molecule has 0 atom stereocenters. The van der Waals surface area contributed by atoms with Crippen molar-refractivity contribution in [3.8, 4) is 0 Å². The second kappa shape index (κ2) is 9.29. The molecule has 162 valence electrons. The maximum absolute atomic E-state index is 13.0. The highest BCUT2D eigenvalue weighted by molar-refractivity contribution is 7.99. The zero-order valence-electron chi connectivity index (χ0n) is 16.1. The fraction of sp³-hybridized carbons (Fsp3) is 0.158. The van der Waals surface area contributed by atoms with Crippen molar-refractivity contribution < 1.29 is 18.0 Å². The van der Waals surface area contributed by atoms with Gasteiger partial charge in [-0.15, -0.1) is 0 Å². The summed E-state index contributed by atoms with van der Waals surface area (Å²) in [6.45, 7) is 0.241. The van der Waals surface area contributed by atoms with Gasteiger partial charge in [-0.3, -0.25) is 19.5 Å². The summed E-state index contributed by atoms with van der Waals surface area (Å²) in [5, 5.41) is 7.81. The number of para-hydroxylation sites is 1. The zero-order valence-corrected chi connectivity index (χ0v) is 17.8. The number of rotatable bonds is 7. The molecule has 0 aliphatic heterocycles. The molecular weight excluding hydrogens is 442 g/mol. The lowest BCUT2D eigenvalue weighted by Crippen LogP contribution is -2.36. The van der Waals surface area contributed by atoms with Crippen LogP contribution in [0.3, 0.4) is 0 Å². The average molecular weight is 462 g/mol. The summed E-state index contributed by atoms with van der Waals surface area (Å²) in [4.78, 5) is 40.1. The van der Waals surface area contributed by atoms with Crippen molar-refractivity contribution in [2.75, 3.05) is 5.75 Å². The van der Waals surface area contributed by atoms with Crippen molar-refractivity contribution >= 4 is 44.6 Å². The molecule has 31 heavy (non-hydrogen) atoms. The Morgan fingerprint density at radius 3 is 2.42 bits per heavy atom. The largest absolute Gasteiger partial charge is 0.351 e. The van der Waals surface area contributed by atoms with Crippen LogP contribution in [0.5, 0.6) is 0 Å². The van der Waals surface area contributed by atoms with E-state index in [0.29, 0.717) is 22.5 Å². The summed E-state index contributed by atoms with van der Waals surface area (Å²) in [6.07, 6.45) is 0.409. The molecule has 3 amide bonds. The summed E-state index contributed by atoms with van der Waals surface area (Å²) in [6, 6.07) is 11.9. The van der Waals surface area contributed by atoms with Gasteiger partial charge in [-0.2, -0.15) is 0 Å². The van der Waals surface area contributed by atoms with Crippen LogP contribution in [0, 0.1) is 0 Å². The summed E-state index contributed by atoms with van der Waals surface area (Å²) in [5.74, 6) is -0.762. The van der Waals surface area contributed by atoms with Crippen molar-refractivity contribution in [2.24, 2.45) is 10.9 Å². The average Bonchev–Trinajstić information content (AvgIpc) is 2.71. The molecule has 0 saturated carbocycles. The van der Waals surface area contributed by atoms with Gasteiger partial charge in [0.15, 0.2) is 5.16 Å². The lowest BCUT2D eigenvalue weighted by Gasteiger charge is -2.13. The highest BCUT2D eigenvalue weighted by atomic mass is 32.2. The number of hydrogen-bond acceptors (Lipinski definition) is 7. The maximum atomic E-state index is 13.0. The number of hydrogen-bond donors (Lipinski definition) is 3. The van der Waals surface area contributed by atoms with E-state index in [1.54, 1.807) is 36.4 Å². The summed E-state index contributed by atoms with van der Waals surface area (Å²) in [7, 11) is -3.79. The molecule has 0 spiro atoms. The quantitative estimate of drug-likeness (QED) is 0.341. The van der Waals surface area contributed by atoms with E-state index in [1.165, 1.54) is 16.7 Å². The number of sulfonamides is 1. The van der Waals surface area contributed by atoms with Crippen molar-refractivity contribution in [2.45, 2.75) is 23.0 Å². The second-order valence-electron chi connectivity index (χ2n) is 6.51. The molecular formula is C19H19N5O5S2. The SMILES string of the molecule is NC(=O)NC(=O)CSc1nc2ccccc2c(=O)n1CCc1ccc(S(N)(=O)=O)cc1. The number of nitrogens with zero attached hydrogens (tertiary/aromatic N) is 2. The Kier molecular flexibility index (Phi) is 6.73. The van der Waals surface area contributed by atoms with Crippen molar-refractivity contribution in [3.05, 3.63) is 64.4 Å². The van der Waals surface area contributed by atoms with Gasteiger partial charge in [0, 0.05) is 6.54 Å². The van der Waals surface area contributed by atoms with Crippen LogP contribution in [0.4, 0.5) is 4.79 Å². The Labute approximate surface area is 181 Å². The number of amides is 3. The van der Waals surface area contributed by atoms with Gasteiger partial charge >= 0.3 is 6.03 Å². The lowest BCUT2D eigenvalue weighted by atomic mass is 10.1. The van der Waals surface area contributed by atoms with E-state index >= 15 is 0 Å². The van der Waals surface area contributed by atoms with Gasteiger partial charge in [0.25, 0.3) is 5.56 Å². The Balaban J connectivity index is 1.88. The predicted octanol–water partition coefficient (Wildman–Crippen LogP) is 0.574. The van der Waals surface area contributed by atoms with Gasteiger partial charge in [-0.25, -0.2) is 23.3 Å². The van der Waals surface area contributed by atoms with Crippen LogP contribution in [-0.2, 0) is 27.8 Å². The molecule has 3 aromatic rings. The number of aryl methyl sites for hydroxylation is 1. The number of carbonyl (C=O) groups excluding carboxylic acids is 2. The molecule has 0 saturated heterocycles. The number of aromatic nitrogens is 2. The van der Waals surface area contributed by atoms with Crippen LogP contribution in [0.2, 0.25) is 0 Å². The van der Waals surface area contributed by atoms with E-state index in [-0.39, 0.29) is 22.8 Å². The van der Waals surface area contributed by atoms with Crippen molar-refractivity contribution in [1.29, 1.82) is 0 Å². The number of carbonyl (C=O) groups is 2. The van der Waals surface area contributed by atoms with Crippen LogP contribution < -0.4 is 21.7 Å². The summed E-state index contributed by atoms with van der Waals surface area (Å²) >= 11 is 1.00. The first-order chi connectivity index (χ1) is 14.6. The standard InChI is InChI=1S/C19H19N5O5S2/c20-18(27)23-16(25)11-30-19-22-15-4-2-1-3-14(15)17(26)24(19)10-9-12-5-7-13(8-6-12)31(21,28)29/h1-8H,9-11H2,(H2,21,28,29)(H3,20,23,25,27). The van der Waals surface area contributed by atoms with Crippen molar-refractivity contribution in [1.82, 2.24) is 14.9 Å². The molecule has 2 aromatic carbocycles. The fourth-order valence-electron chi connectivity index (χ4n) is 2.85. The summed E-state index contributed by atoms with van der Waals surface area (Å²) < 4.78 is 24.2. The summed E-state index contributed by atoms with van der Waals surface area (Å²) in [5.41, 5.74) is 5.94. The normalized spacial score (nSPS) is 11.4. The minimum atomic E-state index is -3.79. The van der Waals surface area contributed by atoms with Gasteiger partial charge in [-0.05, 0) is 36.2 Å². The van der Waals surface area contributed by atoms with Gasteiger partial charge in [0.1, 0.15) is 0 Å². The van der Waals surface area contributed by atoms with E-state index in [2.05, 4.69) is 4.98 Å². The fourth-order valence-corrected chi connectivity index (χ4v) is 4.19. The third-order valence-electron chi connectivity index (χ3n) is 4.30. The van der Waals surface area contributed by atoms with Crippen LogP contribution in [0.1, 0.15) is 5.56 Å². The Hall–Kier alpha value is -3.22. The molecule has 10 nitrogen and oxygen atoms in total. The van der Waals surface area contributed by atoms with Crippen LogP contribution >= 0.6 is 11.8 Å². The van der Waals surface area contributed by atoms with Crippen molar-refractivity contribution in [3.63, 3.8) is 0 Å². The maximum Gasteiger partial charge on any atom is 0.318 e. The minimum Gasteiger partial charge on any atom is -0.351 e. The lowest BCUT2D eigenvalue weighted by molar-refractivity contribution is -0.117. The van der Waals surface area contributed by atoms with E-state index in [4.69, 9.17) is 10.9 Å². The molecule has 0 fully saturated rings. The first-order valence-electron chi connectivity index (χ1n) is 8.98. The van der Waals surface area contributed by atoms with E-state index in [1.807, 2.05) is 5.32 Å². The topological polar surface area (TPSA) is 167 Å². The molecule has 0 aliphatic carbocycles. The molecule has 5 N–H and O–H groups in total. The number of nitrogens with one attached hydrogen (secondary N) is 1. The number of nitrogens with two attached hydrogens (primary N) is 2. The molecule has 3 rings (SSSR count). The first kappa shape index (κ1) is 22.5. The number of primary amides is 1. The van der Waals surface area contributed by atoms with Gasteiger partial charge in [-0.1, -0.05) is 36.0 Å². The number of imide groups is 1. The predicted molar refractivity (Wildman–Crippen MR) is 116 cm³/mol. The molecule has 0 aliphatic rings. The third-order valence-corrected chi connectivity index (χ3v) is 6.20. The van der Waals surface area contributed by atoms with Gasteiger partial charge in [0.05, 0.1) is 21.6 Å². The molecule has 0 bridgehead atoms. The Bertz CT molecular complexity index is 1300. The van der Waals surface area contributed by atoms with Gasteiger partial charge in [0.2, 0.25) is 15.9 Å². The van der Waals surface area contributed by atoms with E-state index in [9.17, 15) is 22.8 Å². The molecule has 1 heterocycles. The minimum absolute atomic E-state index is 0.00232. The van der Waals surface area contributed by atoms with Crippen LogP contribution in [-0.4, -0.2) is 35.7 Å². The number of primary sulfonamides is 1. The van der Waals surface area contributed by atoms with E-state index in [0.717, 1.165) is 17.3 Å². The van der Waals surface area contributed by atoms with Crippen LogP contribution in [0.25, 0.3) is 10.9 Å². The molecule has 1 aromatic heterocycles. The zero-order chi connectivity index (χ0) is 22.6. The van der Waals surface area contributed by atoms with Crippen LogP contribution in [0.15, 0.2) is 63.4 Å². The van der Waals surface area contributed by atoms with Gasteiger partial charge < -0.3 is 5.73 Å². The third kappa shape index (κ3) is 5.69. The molecule has 0 radical (unpaired) electrons. The van der Waals surface area contributed by atoms with E-state index < -0.39 is 22.0 Å². The number of benzene rings is 2. The first-order valence-corrected chi connectivity index (χ1v) is 11.5. The number of urea groups is 1. The Morgan fingerprint density at radius 2 is 1.77 bits per heavy atom. The Morgan fingerprint density at radius 1 is 1.10 bits per heavy atom. The smallest absolute Gasteiger partial charge is 0.318 e. The number of fused-ring (bicyclic) bond motifs is 1. The number of thioether (sulfide) groups is 1. The second-order valence-corrected chi connectivity index (χ2v) is 9.01. The molecule has 0 unspecified atom stereocenters. The highest BCUT2D eigenvalue weighted by Crippen LogP contribution is 2.18. The monoisotopic (exact) mass is 461 g/mol. The molecule has 12 heteroatoms. The highest BCUT2D eigenvalue weighted by Gasteiger charge is 2.14.